The van der Waals surface area contributed by atoms with E-state index in [0.29, 0.717) is 6.07 Å². The number of rotatable bonds is 3. The third-order valence-electron chi connectivity index (χ3n) is 3.43. The van der Waals surface area contributed by atoms with Crippen LogP contribution in [-0.4, -0.2) is 27.5 Å². The van der Waals surface area contributed by atoms with Gasteiger partial charge in [0.05, 0.1) is 23.9 Å². The van der Waals surface area contributed by atoms with Crippen molar-refractivity contribution in [1.29, 1.82) is 0 Å². The van der Waals surface area contributed by atoms with Crippen LogP contribution in [0.15, 0.2) is 30.6 Å². The number of H-pyrrole nitrogens is 1. The predicted octanol–water partition coefficient (Wildman–Crippen LogP) is 3.96. The van der Waals surface area contributed by atoms with Crippen molar-refractivity contribution in [1.82, 2.24) is 15.0 Å². The van der Waals surface area contributed by atoms with Crippen LogP contribution in [0.1, 0.15) is 22.8 Å². The number of halogens is 4. The zero-order valence-electron chi connectivity index (χ0n) is 12.8. The van der Waals surface area contributed by atoms with E-state index in [1.807, 2.05) is 0 Å². The van der Waals surface area contributed by atoms with Gasteiger partial charge in [-0.05, 0) is 25.1 Å². The third-order valence-corrected chi connectivity index (χ3v) is 3.43. The molecule has 3 rings (SSSR count). The Bertz CT molecular complexity index is 950. The summed E-state index contributed by atoms with van der Waals surface area (Å²) in [5, 5.41) is 0. The van der Waals surface area contributed by atoms with E-state index in [-0.39, 0.29) is 34.6 Å². The largest absolute Gasteiger partial charge is 0.462 e. The average Bonchev–Trinajstić information content (AvgIpc) is 2.97. The van der Waals surface area contributed by atoms with Crippen LogP contribution in [0.5, 0.6) is 0 Å². The van der Waals surface area contributed by atoms with Gasteiger partial charge in [0.2, 0.25) is 0 Å². The second-order valence-corrected chi connectivity index (χ2v) is 5.08. The molecule has 0 radical (unpaired) electrons. The average molecular weight is 353 g/mol. The lowest BCUT2D eigenvalue weighted by molar-refractivity contribution is -0.137. The van der Waals surface area contributed by atoms with Gasteiger partial charge in [-0.15, -0.1) is 0 Å². The van der Waals surface area contributed by atoms with Gasteiger partial charge < -0.3 is 9.72 Å². The Kier molecular flexibility index (Phi) is 4.15. The molecule has 0 saturated heterocycles. The van der Waals surface area contributed by atoms with Gasteiger partial charge in [0.25, 0.3) is 0 Å². The number of aromatic amines is 1. The predicted molar refractivity (Wildman–Crippen MR) is 80.2 cm³/mol. The Morgan fingerprint density at radius 2 is 2.04 bits per heavy atom. The molecule has 5 nitrogen and oxygen atoms in total. The minimum absolute atomic E-state index is 0.0255. The summed E-state index contributed by atoms with van der Waals surface area (Å²) in [4.78, 5) is 22.5. The zero-order chi connectivity index (χ0) is 18.2. The van der Waals surface area contributed by atoms with Crippen molar-refractivity contribution in [3.63, 3.8) is 0 Å². The number of imidazole rings is 1. The molecule has 0 aliphatic heterocycles. The lowest BCUT2D eigenvalue weighted by Crippen LogP contribution is -2.08. The molecule has 2 aromatic heterocycles. The first-order chi connectivity index (χ1) is 11.8. The molecular weight excluding hydrogens is 342 g/mol. The molecule has 0 bridgehead atoms. The summed E-state index contributed by atoms with van der Waals surface area (Å²) in [5.74, 6) is -1.85. The fourth-order valence-electron chi connectivity index (χ4n) is 2.38. The standard InChI is InChI=1S/C16H11F4N3O2/c1-2-25-15(24)10-6-21-7-12-13(10)23-14(22-12)9-4-3-8(17)5-11(9)16(18,19)20/h3-7H,2H2,1H3,(H,22,23). The molecule has 0 fully saturated rings. The molecule has 0 amide bonds. The second kappa shape index (κ2) is 6.15. The van der Waals surface area contributed by atoms with Gasteiger partial charge in [-0.25, -0.2) is 14.2 Å². The van der Waals surface area contributed by atoms with Crippen LogP contribution in [0, 0.1) is 5.82 Å². The van der Waals surface area contributed by atoms with E-state index in [1.54, 1.807) is 6.92 Å². The molecule has 25 heavy (non-hydrogen) atoms. The van der Waals surface area contributed by atoms with Crippen LogP contribution in [-0.2, 0) is 10.9 Å². The number of aromatic nitrogens is 3. The van der Waals surface area contributed by atoms with Gasteiger partial charge in [0.1, 0.15) is 22.7 Å². The van der Waals surface area contributed by atoms with Gasteiger partial charge in [0.15, 0.2) is 0 Å². The molecule has 0 unspecified atom stereocenters. The minimum atomic E-state index is -4.77. The number of nitrogens with zero attached hydrogens (tertiary/aromatic N) is 2. The molecule has 0 atom stereocenters. The molecular formula is C16H11F4N3O2. The molecule has 0 aliphatic rings. The second-order valence-electron chi connectivity index (χ2n) is 5.08. The fraction of sp³-hybridized carbons (Fsp3) is 0.188. The van der Waals surface area contributed by atoms with E-state index >= 15 is 0 Å². The molecule has 3 aromatic rings. The van der Waals surface area contributed by atoms with E-state index in [0.717, 1.165) is 12.1 Å². The van der Waals surface area contributed by atoms with Crippen LogP contribution in [0.25, 0.3) is 22.4 Å². The first-order valence-electron chi connectivity index (χ1n) is 7.19. The molecule has 1 N–H and O–H groups in total. The molecule has 1 aromatic carbocycles. The summed E-state index contributed by atoms with van der Waals surface area (Å²) < 4.78 is 57.7. The van der Waals surface area contributed by atoms with Crippen molar-refractivity contribution in [2.24, 2.45) is 0 Å². The molecule has 9 heteroatoms. The number of nitrogens with one attached hydrogen (secondary N) is 1. The maximum Gasteiger partial charge on any atom is 0.417 e. The van der Waals surface area contributed by atoms with E-state index in [1.165, 1.54) is 12.4 Å². The summed E-state index contributed by atoms with van der Waals surface area (Å²) in [6, 6.07) is 2.28. The van der Waals surface area contributed by atoms with Crippen molar-refractivity contribution in [2.75, 3.05) is 6.61 Å². The Hall–Kier alpha value is -2.97. The topological polar surface area (TPSA) is 67.9 Å². The summed E-state index contributed by atoms with van der Waals surface area (Å²) in [7, 11) is 0. The number of esters is 1. The van der Waals surface area contributed by atoms with Gasteiger partial charge >= 0.3 is 12.1 Å². The van der Waals surface area contributed by atoms with Gasteiger partial charge in [-0.1, -0.05) is 0 Å². The van der Waals surface area contributed by atoms with Crippen molar-refractivity contribution in [3.05, 3.63) is 47.5 Å². The fourth-order valence-corrected chi connectivity index (χ4v) is 2.38. The molecule has 0 saturated carbocycles. The van der Waals surface area contributed by atoms with E-state index in [2.05, 4.69) is 15.0 Å². The first-order valence-corrected chi connectivity index (χ1v) is 7.19. The van der Waals surface area contributed by atoms with Crippen LogP contribution in [0.4, 0.5) is 17.6 Å². The quantitative estimate of drug-likeness (QED) is 0.572. The molecule has 0 spiro atoms. The highest BCUT2D eigenvalue weighted by Gasteiger charge is 2.35. The normalized spacial score (nSPS) is 11.7. The third kappa shape index (κ3) is 3.17. The van der Waals surface area contributed by atoms with Crippen molar-refractivity contribution < 1.29 is 27.1 Å². The maximum absolute atomic E-state index is 13.3. The number of alkyl halides is 3. The molecule has 130 valence electrons. The minimum Gasteiger partial charge on any atom is -0.462 e. The van der Waals surface area contributed by atoms with Crippen LogP contribution in [0.2, 0.25) is 0 Å². The monoisotopic (exact) mass is 353 g/mol. The van der Waals surface area contributed by atoms with Crippen LogP contribution in [0.3, 0.4) is 0 Å². The lowest BCUT2D eigenvalue weighted by atomic mass is 10.1. The Balaban J connectivity index is 2.19. The zero-order valence-corrected chi connectivity index (χ0v) is 12.8. The summed E-state index contributed by atoms with van der Waals surface area (Å²) >= 11 is 0. The van der Waals surface area contributed by atoms with Gasteiger partial charge in [-0.3, -0.25) is 4.98 Å². The molecule has 2 heterocycles. The van der Waals surface area contributed by atoms with E-state index in [9.17, 15) is 22.4 Å². The van der Waals surface area contributed by atoms with E-state index in [4.69, 9.17) is 4.74 Å². The Labute approximate surface area is 138 Å². The Morgan fingerprint density at radius 3 is 2.72 bits per heavy atom. The Morgan fingerprint density at radius 1 is 1.28 bits per heavy atom. The number of benzene rings is 1. The SMILES string of the molecule is CCOC(=O)c1cncc2[nH]c(-c3ccc(F)cc3C(F)(F)F)nc12. The van der Waals surface area contributed by atoms with Crippen molar-refractivity contribution in [2.45, 2.75) is 13.1 Å². The van der Waals surface area contributed by atoms with Gasteiger partial charge in [-0.2, -0.15) is 13.2 Å². The highest BCUT2D eigenvalue weighted by Crippen LogP contribution is 2.37. The maximum atomic E-state index is 13.3. The number of pyridine rings is 1. The number of carbonyl (C=O) groups is 1. The number of carbonyl (C=O) groups excluding carboxylic acids is 1. The van der Waals surface area contributed by atoms with Crippen LogP contribution < -0.4 is 0 Å². The highest BCUT2D eigenvalue weighted by atomic mass is 19.4. The summed E-state index contributed by atoms with van der Waals surface area (Å²) in [5.41, 5.74) is -1.09. The number of fused-ring (bicyclic) bond motifs is 1. The first kappa shape index (κ1) is 16.9. The van der Waals surface area contributed by atoms with E-state index < -0.39 is 23.5 Å². The molecule has 0 aliphatic carbocycles. The number of hydrogen-bond donors (Lipinski definition) is 1. The summed E-state index contributed by atoms with van der Waals surface area (Å²) in [6.45, 7) is 1.75. The van der Waals surface area contributed by atoms with Crippen molar-refractivity contribution >= 4 is 17.0 Å². The van der Waals surface area contributed by atoms with Crippen molar-refractivity contribution in [3.8, 4) is 11.4 Å². The van der Waals surface area contributed by atoms with Gasteiger partial charge in [0, 0.05) is 11.8 Å². The summed E-state index contributed by atoms with van der Waals surface area (Å²) in [6.07, 6.45) is -2.22. The number of hydrogen-bond acceptors (Lipinski definition) is 4. The highest BCUT2D eigenvalue weighted by molar-refractivity contribution is 6.02. The smallest absolute Gasteiger partial charge is 0.417 e. The number of ether oxygens (including phenoxy) is 1. The van der Waals surface area contributed by atoms with Crippen LogP contribution >= 0.6 is 0 Å². The lowest BCUT2D eigenvalue weighted by Gasteiger charge is -2.11.